The van der Waals surface area contributed by atoms with E-state index in [9.17, 15) is 13.5 Å². The van der Waals surface area contributed by atoms with E-state index in [1.165, 1.54) is 4.31 Å². The molecule has 0 atom stereocenters. The minimum absolute atomic E-state index is 0.0520. The molecule has 0 amide bonds. The third-order valence-electron chi connectivity index (χ3n) is 2.82. The largest absolute Gasteiger partial charge is 0.505 e. The molecule has 6 heteroatoms. The Kier molecular flexibility index (Phi) is 4.46. The summed E-state index contributed by atoms with van der Waals surface area (Å²) in [6.07, 6.45) is 0. The van der Waals surface area contributed by atoms with E-state index in [1.807, 2.05) is 20.8 Å². The van der Waals surface area contributed by atoms with E-state index in [1.54, 1.807) is 19.2 Å². The highest BCUT2D eigenvalue weighted by atomic mass is 32.2. The maximum Gasteiger partial charge on any atom is 0.256 e. The summed E-state index contributed by atoms with van der Waals surface area (Å²) in [5.74, 6) is -0.0978. The van der Waals surface area contributed by atoms with Crippen molar-refractivity contribution >= 4 is 21.4 Å². The Hall–Kier alpha value is -0.590. The summed E-state index contributed by atoms with van der Waals surface area (Å²) in [5, 5.41) is 11.9. The molecule has 1 rings (SSSR count). The van der Waals surface area contributed by atoms with Crippen LogP contribution in [0, 0.1) is 0 Å². The van der Waals surface area contributed by atoms with Crippen LogP contribution in [-0.2, 0) is 15.4 Å². The van der Waals surface area contributed by atoms with E-state index >= 15 is 0 Å². The molecule has 1 aromatic rings. The van der Waals surface area contributed by atoms with Gasteiger partial charge >= 0.3 is 0 Å². The van der Waals surface area contributed by atoms with Gasteiger partial charge in [0.25, 0.3) is 10.0 Å². The lowest BCUT2D eigenvalue weighted by Crippen LogP contribution is -2.30. The lowest BCUT2D eigenvalue weighted by molar-refractivity contribution is 0.423. The van der Waals surface area contributed by atoms with E-state index in [0.29, 0.717) is 18.7 Å². The van der Waals surface area contributed by atoms with E-state index in [4.69, 9.17) is 0 Å². The zero-order valence-electron chi connectivity index (χ0n) is 11.5. The molecular weight excluding hydrogens is 270 g/mol. The van der Waals surface area contributed by atoms with Crippen LogP contribution in [0.4, 0.5) is 0 Å². The highest BCUT2D eigenvalue weighted by Crippen LogP contribution is 2.41. The highest BCUT2D eigenvalue weighted by Gasteiger charge is 2.31. The van der Waals surface area contributed by atoms with Crippen LogP contribution in [0.2, 0.25) is 0 Å². The van der Waals surface area contributed by atoms with Gasteiger partial charge in [-0.3, -0.25) is 0 Å². The molecule has 0 aliphatic carbocycles. The van der Waals surface area contributed by atoms with Gasteiger partial charge < -0.3 is 5.11 Å². The fourth-order valence-electron chi connectivity index (χ4n) is 1.73. The quantitative estimate of drug-likeness (QED) is 0.928. The molecule has 0 aromatic carbocycles. The lowest BCUT2D eigenvalue weighted by atomic mass is 9.89. The van der Waals surface area contributed by atoms with Crippen molar-refractivity contribution < 1.29 is 13.5 Å². The maximum atomic E-state index is 12.3. The Balaban J connectivity index is 3.32. The number of hydrogen-bond acceptors (Lipinski definition) is 4. The van der Waals surface area contributed by atoms with Gasteiger partial charge in [-0.15, -0.1) is 11.3 Å². The number of aromatic hydroxyl groups is 1. The van der Waals surface area contributed by atoms with E-state index in [0.717, 1.165) is 11.3 Å². The second-order valence-corrected chi connectivity index (χ2v) is 8.14. The number of nitrogens with zero attached hydrogens (tertiary/aromatic N) is 1. The zero-order chi connectivity index (χ0) is 14.1. The molecule has 0 unspecified atom stereocenters. The highest BCUT2D eigenvalue weighted by molar-refractivity contribution is 7.91. The van der Waals surface area contributed by atoms with E-state index in [2.05, 4.69) is 0 Å². The molecule has 0 aliphatic rings. The van der Waals surface area contributed by atoms with Crippen molar-refractivity contribution in [1.82, 2.24) is 4.31 Å². The van der Waals surface area contributed by atoms with Crippen molar-refractivity contribution in [2.24, 2.45) is 0 Å². The predicted octanol–water partition coefficient (Wildman–Crippen LogP) is 2.78. The number of sulfonamides is 1. The van der Waals surface area contributed by atoms with Gasteiger partial charge in [-0.05, 0) is 10.8 Å². The fraction of sp³-hybridized carbons (Fsp3) is 0.667. The van der Waals surface area contributed by atoms with Crippen LogP contribution in [0.3, 0.4) is 0 Å². The SMILES string of the molecule is CCN(CC)S(=O)(=O)c1scc(C(C)(C)C)c1O. The average Bonchev–Trinajstić information content (AvgIpc) is 2.61. The minimum Gasteiger partial charge on any atom is -0.505 e. The molecule has 0 aliphatic heterocycles. The fourth-order valence-corrected chi connectivity index (χ4v) is 4.86. The number of rotatable bonds is 4. The monoisotopic (exact) mass is 291 g/mol. The van der Waals surface area contributed by atoms with Gasteiger partial charge in [-0.25, -0.2) is 8.42 Å². The minimum atomic E-state index is -3.57. The number of hydrogen-bond donors (Lipinski definition) is 1. The first kappa shape index (κ1) is 15.5. The van der Waals surface area contributed by atoms with Crippen LogP contribution in [0.25, 0.3) is 0 Å². The van der Waals surface area contributed by atoms with Crippen molar-refractivity contribution in [3.8, 4) is 5.75 Å². The predicted molar refractivity (Wildman–Crippen MR) is 74.8 cm³/mol. The first-order valence-corrected chi connectivity index (χ1v) is 8.29. The van der Waals surface area contributed by atoms with Crippen LogP contribution in [-0.4, -0.2) is 30.9 Å². The van der Waals surface area contributed by atoms with Gasteiger partial charge in [0.05, 0.1) is 0 Å². The van der Waals surface area contributed by atoms with Crippen molar-refractivity contribution in [2.45, 2.75) is 44.2 Å². The Morgan fingerprint density at radius 1 is 1.28 bits per heavy atom. The first-order valence-electron chi connectivity index (χ1n) is 5.97. The second-order valence-electron chi connectivity index (χ2n) is 5.12. The topological polar surface area (TPSA) is 57.6 Å². The molecule has 1 aromatic heterocycles. The standard InChI is InChI=1S/C12H21NO3S2/c1-6-13(7-2)18(15,16)11-10(14)9(8-17-11)12(3,4)5/h8,14H,6-7H2,1-5H3. The molecule has 0 radical (unpaired) electrons. The summed E-state index contributed by atoms with van der Waals surface area (Å²) in [7, 11) is -3.57. The molecule has 4 nitrogen and oxygen atoms in total. The van der Waals surface area contributed by atoms with Crippen molar-refractivity contribution in [1.29, 1.82) is 0 Å². The summed E-state index contributed by atoms with van der Waals surface area (Å²) in [6.45, 7) is 10.2. The van der Waals surface area contributed by atoms with Gasteiger partial charge in [0, 0.05) is 18.7 Å². The molecule has 1 N–H and O–H groups in total. The second kappa shape index (κ2) is 5.19. The molecule has 0 spiro atoms. The molecule has 0 saturated heterocycles. The average molecular weight is 291 g/mol. The van der Waals surface area contributed by atoms with Crippen LogP contribution >= 0.6 is 11.3 Å². The summed E-state index contributed by atoms with van der Waals surface area (Å²) in [6, 6.07) is 0. The van der Waals surface area contributed by atoms with Gasteiger partial charge in [0.1, 0.15) is 5.75 Å². The molecule has 1 heterocycles. The summed E-state index contributed by atoms with van der Waals surface area (Å²) >= 11 is 1.09. The summed E-state index contributed by atoms with van der Waals surface area (Å²) in [5.41, 5.74) is 0.413. The molecular formula is C12H21NO3S2. The molecule has 0 saturated carbocycles. The Labute approximate surface area is 113 Å². The van der Waals surface area contributed by atoms with E-state index < -0.39 is 10.0 Å². The van der Waals surface area contributed by atoms with Crippen LogP contribution < -0.4 is 0 Å². The third kappa shape index (κ3) is 2.70. The van der Waals surface area contributed by atoms with Gasteiger partial charge in [-0.2, -0.15) is 4.31 Å². The molecule has 0 bridgehead atoms. The molecule has 18 heavy (non-hydrogen) atoms. The zero-order valence-corrected chi connectivity index (χ0v) is 13.2. The van der Waals surface area contributed by atoms with Gasteiger partial charge in [0.2, 0.25) is 0 Å². The molecule has 104 valence electrons. The van der Waals surface area contributed by atoms with Gasteiger partial charge in [-0.1, -0.05) is 34.6 Å². The van der Waals surface area contributed by atoms with E-state index in [-0.39, 0.29) is 15.4 Å². The lowest BCUT2D eigenvalue weighted by Gasteiger charge is -2.19. The van der Waals surface area contributed by atoms with Crippen LogP contribution in [0.5, 0.6) is 5.75 Å². The van der Waals surface area contributed by atoms with Crippen molar-refractivity contribution in [3.63, 3.8) is 0 Å². The first-order chi connectivity index (χ1) is 8.16. The number of thiophene rings is 1. The van der Waals surface area contributed by atoms with Crippen molar-refractivity contribution in [3.05, 3.63) is 10.9 Å². The smallest absolute Gasteiger partial charge is 0.256 e. The maximum absolute atomic E-state index is 12.3. The Bertz CT molecular complexity index is 508. The Morgan fingerprint density at radius 3 is 2.11 bits per heavy atom. The van der Waals surface area contributed by atoms with Crippen molar-refractivity contribution in [2.75, 3.05) is 13.1 Å². The summed E-state index contributed by atoms with van der Waals surface area (Å²) < 4.78 is 26.1. The van der Waals surface area contributed by atoms with Crippen LogP contribution in [0.15, 0.2) is 9.59 Å². The van der Waals surface area contributed by atoms with Crippen LogP contribution in [0.1, 0.15) is 40.2 Å². The Morgan fingerprint density at radius 2 is 1.78 bits per heavy atom. The summed E-state index contributed by atoms with van der Waals surface area (Å²) in [4.78, 5) is 0. The molecule has 0 fully saturated rings. The van der Waals surface area contributed by atoms with Gasteiger partial charge in [0.15, 0.2) is 4.21 Å². The normalized spacial score (nSPS) is 13.2. The third-order valence-corrected chi connectivity index (χ3v) is 6.36.